The third-order valence-electron chi connectivity index (χ3n) is 20.7. The van der Waals surface area contributed by atoms with E-state index in [9.17, 15) is 22.0 Å². The molecule has 4 aliphatic carbocycles. The van der Waals surface area contributed by atoms with E-state index in [1.807, 2.05) is 61.5 Å². The number of aliphatic hydroxyl groups excluding tert-OH is 8. The molecular formula is C104H119F5Ir4N8O8-4. The first kappa shape index (κ1) is 112. The molecule has 0 saturated carbocycles. The maximum absolute atomic E-state index is 13.3. The van der Waals surface area contributed by atoms with Crippen LogP contribution in [0, 0.1) is 56.7 Å². The van der Waals surface area contributed by atoms with Gasteiger partial charge < -0.3 is 40.9 Å². The van der Waals surface area contributed by atoms with Crippen LogP contribution >= 0.6 is 0 Å². The van der Waals surface area contributed by atoms with E-state index >= 15 is 0 Å². The zero-order chi connectivity index (χ0) is 90.3. The Labute approximate surface area is 812 Å². The Balaban J connectivity index is 0.000000275. The maximum atomic E-state index is 13.3. The molecule has 698 valence electrons. The summed E-state index contributed by atoms with van der Waals surface area (Å²) in [6, 6.07) is 67.5. The largest absolute Gasteiger partial charge is 0.393 e. The van der Waals surface area contributed by atoms with Crippen molar-refractivity contribution in [2.24, 2.45) is 0 Å². The van der Waals surface area contributed by atoms with E-state index < -0.39 is 11.7 Å². The van der Waals surface area contributed by atoms with Crippen molar-refractivity contribution in [3.8, 4) is 90.1 Å². The van der Waals surface area contributed by atoms with Crippen LogP contribution in [-0.2, 0) is 138 Å². The van der Waals surface area contributed by atoms with Gasteiger partial charge in [0.1, 0.15) is 5.82 Å². The first-order valence-electron chi connectivity index (χ1n) is 43.5. The van der Waals surface area contributed by atoms with Gasteiger partial charge in [0.05, 0.1) is 117 Å². The molecule has 0 aliphatic heterocycles. The van der Waals surface area contributed by atoms with Crippen molar-refractivity contribution >= 4 is 0 Å². The van der Waals surface area contributed by atoms with Crippen molar-refractivity contribution in [1.82, 2.24) is 39.9 Å². The summed E-state index contributed by atoms with van der Waals surface area (Å²) in [7, 11) is 0. The monoisotopic (exact) mass is 2470 g/mol. The van der Waals surface area contributed by atoms with Crippen LogP contribution in [0.5, 0.6) is 0 Å². The minimum Gasteiger partial charge on any atom is -0.393 e. The van der Waals surface area contributed by atoms with E-state index in [1.54, 1.807) is 73.6 Å². The zero-order valence-corrected chi connectivity index (χ0v) is 84.5. The fourth-order valence-corrected chi connectivity index (χ4v) is 14.6. The Hall–Kier alpha value is -7.99. The molecule has 16 rings (SSSR count). The molecule has 8 unspecified atom stereocenters. The van der Waals surface area contributed by atoms with Crippen LogP contribution < -0.4 is 0 Å². The number of nitrogens with zero attached hydrogens (tertiary/aromatic N) is 8. The standard InChI is InChI=1S/C22H18F3N2.C22H21N2.C20H15F2N2.C20H17N2.4C5H12O2.4Ir/c1-14-6-8-15(9-7-14)20-21(27-19-5-3-2-4-18(19)26-20)16-10-12-17(13-11-16)22(23,24)25;1-15-7-11-17(12-8-15)21-22(18-13-9-16(2)10-14-18)24-20-6-4-3-5-19(20)23-21;21-15-9-5-13(6-10-15)19-20(14-7-11-16(22)12-8-14)24-18-4-2-1-3-17(18)23-19;1-3-9-15(10-4-1)19-20(16-11-5-2-6-12-16)22-18-14-8-7-13-17(18)21-19;4*1-4(6)3-5(2)7;;;;/h6-10,12-13H,2-5H2,1H3;7-13H,3-6H2,1-2H3;5-7,9-12H,1-4H2;1-6,9-11H,7-8,13-14H2;4*4-7H,3H2,1-2H3;;;;/q4*-1;;;;;;;;. The SMILES string of the molecule is CC(O)CC(C)O.CC(O)CC(C)O.CC(O)CC(C)O.CC(O)CC(C)O.Cc1c[c-]c(-c2nc3c(nc2-c2ccc(C)cc2)CCCC3)cc1.Cc1ccc(-c2nc3c(nc2-c2[c-]cc(C(F)(F)F)cc2)CCCC3)cc1.Fc1c[c-]c(-c2nc3c(nc2-c2ccc(F)cc2)CCCC3)cc1.[Ir].[Ir].[Ir].[Ir].[c-]1ccccc1-c1nc2c(nc1-c1ccccc1)CCCC2. The Bertz CT molecular complexity index is 4830. The minimum absolute atomic E-state index is 0. The predicted octanol–water partition coefficient (Wildman–Crippen LogP) is 20.7. The van der Waals surface area contributed by atoms with Crippen molar-refractivity contribution in [2.75, 3.05) is 0 Å². The van der Waals surface area contributed by atoms with E-state index in [-0.39, 0.29) is 141 Å². The third-order valence-corrected chi connectivity index (χ3v) is 20.7. The van der Waals surface area contributed by atoms with Gasteiger partial charge >= 0.3 is 6.18 Å². The Morgan fingerprint density at radius 2 is 0.519 bits per heavy atom. The molecule has 25 heteroatoms. The Morgan fingerprint density at radius 3 is 0.767 bits per heavy atom. The molecule has 4 heterocycles. The molecule has 0 saturated heterocycles. The van der Waals surface area contributed by atoms with Gasteiger partial charge in [0.25, 0.3) is 0 Å². The van der Waals surface area contributed by atoms with Crippen molar-refractivity contribution in [2.45, 2.75) is 260 Å². The van der Waals surface area contributed by atoms with Gasteiger partial charge in [0, 0.05) is 109 Å². The van der Waals surface area contributed by atoms with E-state index in [0.717, 1.165) is 179 Å². The second-order valence-electron chi connectivity index (χ2n) is 32.9. The second kappa shape index (κ2) is 56.1. The molecule has 4 radical (unpaired) electrons. The molecular weight excluding hydrogens is 2350 g/mol. The topological polar surface area (TPSA) is 265 Å². The number of halogens is 5. The number of fused-ring (bicyclic) bond motifs is 4. The van der Waals surface area contributed by atoms with Gasteiger partial charge in [0.2, 0.25) is 0 Å². The first-order chi connectivity index (χ1) is 59.7. The molecule has 0 spiro atoms. The van der Waals surface area contributed by atoms with E-state index in [4.69, 9.17) is 80.7 Å². The molecule has 129 heavy (non-hydrogen) atoms. The summed E-state index contributed by atoms with van der Waals surface area (Å²) >= 11 is 0. The third kappa shape index (κ3) is 36.5. The fourth-order valence-electron chi connectivity index (χ4n) is 14.6. The van der Waals surface area contributed by atoms with Gasteiger partial charge in [-0.05, 0) is 238 Å². The molecule has 0 amide bonds. The minimum atomic E-state index is -4.38. The average Bonchev–Trinajstić information content (AvgIpc) is 0.803. The molecule has 4 aromatic heterocycles. The number of rotatable bonds is 16. The molecule has 8 aromatic carbocycles. The van der Waals surface area contributed by atoms with Crippen LogP contribution in [0.25, 0.3) is 90.1 Å². The number of hydrogen-bond acceptors (Lipinski definition) is 16. The van der Waals surface area contributed by atoms with Gasteiger partial charge in [-0.25, -0.2) is 4.39 Å². The van der Waals surface area contributed by atoms with Gasteiger partial charge in [-0.15, -0.1) is 131 Å². The van der Waals surface area contributed by atoms with Gasteiger partial charge in [-0.1, -0.05) is 109 Å². The van der Waals surface area contributed by atoms with Crippen LogP contribution in [0.2, 0.25) is 0 Å². The molecule has 0 bridgehead atoms. The molecule has 8 atom stereocenters. The van der Waals surface area contributed by atoms with Crippen LogP contribution in [0.1, 0.15) is 200 Å². The molecule has 0 fully saturated rings. The van der Waals surface area contributed by atoms with Gasteiger partial charge in [-0.3, -0.25) is 44.3 Å². The number of benzene rings is 8. The predicted molar refractivity (Wildman–Crippen MR) is 485 cm³/mol. The quantitative estimate of drug-likeness (QED) is 0.0330. The molecule has 16 nitrogen and oxygen atoms in total. The number of alkyl halides is 3. The number of aromatic nitrogens is 8. The van der Waals surface area contributed by atoms with Crippen molar-refractivity contribution in [1.29, 1.82) is 0 Å². The molecule has 12 aromatic rings. The fraction of sp³-hybridized carbons (Fsp3) is 0.385. The number of aliphatic hydroxyl groups is 8. The van der Waals surface area contributed by atoms with E-state index in [2.05, 4.69) is 105 Å². The van der Waals surface area contributed by atoms with E-state index in [1.165, 1.54) is 84.2 Å². The van der Waals surface area contributed by atoms with Gasteiger partial charge in [0.15, 0.2) is 0 Å². The summed E-state index contributed by atoms with van der Waals surface area (Å²) in [6.45, 7) is 19.5. The second-order valence-corrected chi connectivity index (χ2v) is 32.9. The van der Waals surface area contributed by atoms with Crippen LogP contribution in [0.4, 0.5) is 22.0 Å². The van der Waals surface area contributed by atoms with Crippen molar-refractivity contribution in [3.63, 3.8) is 0 Å². The summed E-state index contributed by atoms with van der Waals surface area (Å²) in [5, 5.41) is 68.5. The summed E-state index contributed by atoms with van der Waals surface area (Å²) in [4.78, 5) is 39.3. The number of aryl methyl sites for hydroxylation is 11. The molecule has 8 N–H and O–H groups in total. The maximum Gasteiger partial charge on any atom is 0.381 e. The summed E-state index contributed by atoms with van der Waals surface area (Å²) in [5.41, 5.74) is 25.2. The normalized spacial score (nSPS) is 14.4. The average molecular weight is 2470 g/mol. The Morgan fingerprint density at radius 1 is 0.271 bits per heavy atom. The van der Waals surface area contributed by atoms with Crippen LogP contribution in [-0.4, -0.2) is 130 Å². The summed E-state index contributed by atoms with van der Waals surface area (Å²) in [5.74, 6) is -0.632. The van der Waals surface area contributed by atoms with Crippen LogP contribution in [0.3, 0.4) is 0 Å². The Kier molecular flexibility index (Phi) is 48.5. The summed E-state index contributed by atoms with van der Waals surface area (Å²) in [6.07, 6.45) is 11.4. The number of hydrogen-bond donors (Lipinski definition) is 8. The molecule has 4 aliphatic rings. The van der Waals surface area contributed by atoms with E-state index in [0.29, 0.717) is 59.6 Å². The zero-order valence-electron chi connectivity index (χ0n) is 75.0. The van der Waals surface area contributed by atoms with Crippen molar-refractivity contribution < 1.29 is 143 Å². The smallest absolute Gasteiger partial charge is 0.381 e. The van der Waals surface area contributed by atoms with Gasteiger partial charge in [-0.2, -0.15) is 13.2 Å². The summed E-state index contributed by atoms with van der Waals surface area (Å²) < 4.78 is 65.1. The van der Waals surface area contributed by atoms with Crippen LogP contribution in [0.15, 0.2) is 182 Å². The van der Waals surface area contributed by atoms with Crippen molar-refractivity contribution in [3.05, 3.63) is 286 Å². The first-order valence-corrected chi connectivity index (χ1v) is 43.5.